The highest BCUT2D eigenvalue weighted by Gasteiger charge is 2.13. The first-order valence-electron chi connectivity index (χ1n) is 7.95. The molecule has 1 aromatic heterocycles. The van der Waals surface area contributed by atoms with Crippen molar-refractivity contribution in [3.05, 3.63) is 64.6 Å². The molecule has 0 aliphatic carbocycles. The Balaban J connectivity index is 2.38. The van der Waals surface area contributed by atoms with Gasteiger partial charge in [0.15, 0.2) is 0 Å². The molecule has 23 heavy (non-hydrogen) atoms. The number of aromatic nitrogens is 2. The maximum absolute atomic E-state index is 12.6. The van der Waals surface area contributed by atoms with Crippen LogP contribution >= 0.6 is 0 Å². The molecule has 118 valence electrons. The van der Waals surface area contributed by atoms with E-state index < -0.39 is 0 Å². The number of para-hydroxylation sites is 1. The van der Waals surface area contributed by atoms with E-state index in [1.165, 1.54) is 5.56 Å². The van der Waals surface area contributed by atoms with E-state index in [0.29, 0.717) is 11.7 Å². The van der Waals surface area contributed by atoms with Gasteiger partial charge >= 0.3 is 5.69 Å². The van der Waals surface area contributed by atoms with Gasteiger partial charge in [0.1, 0.15) is 5.82 Å². The van der Waals surface area contributed by atoms with Crippen molar-refractivity contribution in [1.29, 1.82) is 0 Å². The zero-order valence-corrected chi connectivity index (χ0v) is 13.7. The van der Waals surface area contributed by atoms with Gasteiger partial charge < -0.3 is 5.32 Å². The largest absolute Gasteiger partial charge is 0.372 e. The average molecular weight is 307 g/mol. The number of hydrogen-bond donors (Lipinski definition) is 1. The van der Waals surface area contributed by atoms with Gasteiger partial charge in [0, 0.05) is 12.4 Å². The summed E-state index contributed by atoms with van der Waals surface area (Å²) in [6.07, 6.45) is 1.06. The predicted octanol–water partition coefficient (Wildman–Crippen LogP) is 3.94. The number of rotatable bonds is 4. The lowest BCUT2D eigenvalue weighted by Gasteiger charge is -2.15. The average Bonchev–Trinajstić information content (AvgIpc) is 2.60. The lowest BCUT2D eigenvalue weighted by Crippen LogP contribution is -2.23. The van der Waals surface area contributed by atoms with Crippen LogP contribution in [0, 0.1) is 0 Å². The van der Waals surface area contributed by atoms with E-state index in [-0.39, 0.29) is 5.69 Å². The van der Waals surface area contributed by atoms with Crippen molar-refractivity contribution in [3.63, 3.8) is 0 Å². The van der Waals surface area contributed by atoms with Crippen molar-refractivity contribution >= 4 is 16.7 Å². The molecule has 0 bridgehead atoms. The Kier molecular flexibility index (Phi) is 4.15. The van der Waals surface area contributed by atoms with Crippen molar-refractivity contribution < 1.29 is 0 Å². The minimum Gasteiger partial charge on any atom is -0.372 e. The molecule has 1 N–H and O–H groups in total. The Bertz CT molecular complexity index is 884. The highest BCUT2D eigenvalue weighted by atomic mass is 16.1. The summed E-state index contributed by atoms with van der Waals surface area (Å²) in [6.45, 7) is 4.37. The lowest BCUT2D eigenvalue weighted by molar-refractivity contribution is 0.734. The van der Waals surface area contributed by atoms with Crippen LogP contribution in [0.5, 0.6) is 0 Å². The van der Waals surface area contributed by atoms with Gasteiger partial charge in [-0.05, 0) is 42.2 Å². The molecule has 1 atom stereocenters. The molecule has 0 radical (unpaired) electrons. The highest BCUT2D eigenvalue weighted by molar-refractivity contribution is 5.90. The summed E-state index contributed by atoms with van der Waals surface area (Å²) in [7, 11) is 1.79. The number of anilines is 1. The fourth-order valence-electron chi connectivity index (χ4n) is 2.80. The summed E-state index contributed by atoms with van der Waals surface area (Å²) >= 11 is 0. The van der Waals surface area contributed by atoms with Gasteiger partial charge in [-0.1, -0.05) is 38.1 Å². The Hall–Kier alpha value is -2.62. The Morgan fingerprint density at radius 2 is 1.91 bits per heavy atom. The van der Waals surface area contributed by atoms with Crippen molar-refractivity contribution in [2.75, 3.05) is 12.4 Å². The second-order valence-electron chi connectivity index (χ2n) is 5.75. The molecule has 0 aliphatic heterocycles. The van der Waals surface area contributed by atoms with Gasteiger partial charge in [-0.25, -0.2) is 4.79 Å². The molecule has 4 nitrogen and oxygen atoms in total. The Morgan fingerprint density at radius 3 is 2.57 bits per heavy atom. The van der Waals surface area contributed by atoms with Crippen molar-refractivity contribution in [2.45, 2.75) is 26.2 Å². The predicted molar refractivity (Wildman–Crippen MR) is 95.6 cm³/mol. The molecule has 2 aromatic carbocycles. The molecule has 1 unspecified atom stereocenters. The molecular formula is C19H21N3O. The second-order valence-corrected chi connectivity index (χ2v) is 5.75. The van der Waals surface area contributed by atoms with E-state index in [0.717, 1.165) is 23.0 Å². The molecule has 4 heteroatoms. The summed E-state index contributed by atoms with van der Waals surface area (Å²) in [5.41, 5.74) is 2.68. The SMILES string of the molecule is CCC(C)c1ccc2c(NC)nc(=O)n(-c3ccccc3)c2c1. The van der Waals surface area contributed by atoms with Crippen LogP contribution in [0.1, 0.15) is 31.7 Å². The van der Waals surface area contributed by atoms with Crippen LogP contribution in [0.25, 0.3) is 16.6 Å². The molecule has 0 spiro atoms. The third-order valence-electron chi connectivity index (χ3n) is 4.35. The number of hydrogen-bond acceptors (Lipinski definition) is 3. The molecule has 0 saturated carbocycles. The molecule has 0 fully saturated rings. The van der Waals surface area contributed by atoms with E-state index in [1.807, 2.05) is 30.3 Å². The van der Waals surface area contributed by atoms with Crippen LogP contribution in [0.3, 0.4) is 0 Å². The zero-order chi connectivity index (χ0) is 16.4. The number of nitrogens with zero attached hydrogens (tertiary/aromatic N) is 2. The topological polar surface area (TPSA) is 46.9 Å². The van der Waals surface area contributed by atoms with E-state index in [9.17, 15) is 4.79 Å². The van der Waals surface area contributed by atoms with Gasteiger partial charge in [-0.2, -0.15) is 4.98 Å². The number of nitrogens with one attached hydrogen (secondary N) is 1. The van der Waals surface area contributed by atoms with Crippen LogP contribution < -0.4 is 11.0 Å². The van der Waals surface area contributed by atoms with Crippen LogP contribution in [0.15, 0.2) is 53.3 Å². The fraction of sp³-hybridized carbons (Fsp3) is 0.263. The molecule has 1 heterocycles. The summed E-state index contributed by atoms with van der Waals surface area (Å²) in [6, 6.07) is 15.9. The Labute approximate surface area is 135 Å². The maximum Gasteiger partial charge on any atom is 0.354 e. The number of fused-ring (bicyclic) bond motifs is 1. The summed E-state index contributed by atoms with van der Waals surface area (Å²) in [5, 5.41) is 3.97. The van der Waals surface area contributed by atoms with E-state index >= 15 is 0 Å². The van der Waals surface area contributed by atoms with Crippen molar-refractivity contribution in [1.82, 2.24) is 9.55 Å². The van der Waals surface area contributed by atoms with Crippen LogP contribution in [0.4, 0.5) is 5.82 Å². The molecule has 3 aromatic rings. The molecule has 0 amide bonds. The minimum atomic E-state index is -0.269. The minimum absolute atomic E-state index is 0.269. The van der Waals surface area contributed by atoms with Crippen LogP contribution in [-0.2, 0) is 0 Å². The highest BCUT2D eigenvalue weighted by Crippen LogP contribution is 2.27. The normalized spacial score (nSPS) is 12.3. The van der Waals surface area contributed by atoms with Crippen molar-refractivity contribution in [3.8, 4) is 5.69 Å². The smallest absolute Gasteiger partial charge is 0.354 e. The molecular weight excluding hydrogens is 286 g/mol. The lowest BCUT2D eigenvalue weighted by atomic mass is 9.97. The third kappa shape index (κ3) is 2.72. The first kappa shape index (κ1) is 15.3. The van der Waals surface area contributed by atoms with Crippen molar-refractivity contribution in [2.24, 2.45) is 0 Å². The van der Waals surface area contributed by atoms with E-state index in [2.05, 4.69) is 42.3 Å². The standard InChI is InChI=1S/C19H21N3O/c1-4-13(2)14-10-11-16-17(12-14)22(15-8-6-5-7-9-15)19(23)21-18(16)20-3/h5-13H,4H2,1-3H3,(H,20,21,23). The third-order valence-corrected chi connectivity index (χ3v) is 4.35. The Morgan fingerprint density at radius 1 is 1.17 bits per heavy atom. The number of benzene rings is 2. The van der Waals surface area contributed by atoms with Gasteiger partial charge in [0.25, 0.3) is 0 Å². The molecule has 3 rings (SSSR count). The quantitative estimate of drug-likeness (QED) is 0.794. The van der Waals surface area contributed by atoms with Crippen LogP contribution in [-0.4, -0.2) is 16.6 Å². The molecule has 0 aliphatic rings. The van der Waals surface area contributed by atoms with Crippen LogP contribution in [0.2, 0.25) is 0 Å². The zero-order valence-electron chi connectivity index (χ0n) is 13.7. The fourth-order valence-corrected chi connectivity index (χ4v) is 2.80. The first-order valence-corrected chi connectivity index (χ1v) is 7.95. The summed E-state index contributed by atoms with van der Waals surface area (Å²) in [4.78, 5) is 16.8. The monoisotopic (exact) mass is 307 g/mol. The summed E-state index contributed by atoms with van der Waals surface area (Å²) < 4.78 is 1.68. The first-order chi connectivity index (χ1) is 11.2. The maximum atomic E-state index is 12.6. The molecule has 0 saturated heterocycles. The summed E-state index contributed by atoms with van der Waals surface area (Å²) in [5.74, 6) is 1.07. The van der Waals surface area contributed by atoms with Gasteiger partial charge in [-0.15, -0.1) is 0 Å². The van der Waals surface area contributed by atoms with E-state index in [4.69, 9.17) is 0 Å². The van der Waals surface area contributed by atoms with Gasteiger partial charge in [0.05, 0.1) is 11.2 Å². The van der Waals surface area contributed by atoms with Gasteiger partial charge in [0.2, 0.25) is 0 Å². The second kappa shape index (κ2) is 6.24. The van der Waals surface area contributed by atoms with E-state index in [1.54, 1.807) is 11.6 Å². The van der Waals surface area contributed by atoms with Gasteiger partial charge in [-0.3, -0.25) is 4.57 Å².